The third-order valence-corrected chi connectivity index (χ3v) is 12.6. The molecule has 5 aliphatic rings. The van der Waals surface area contributed by atoms with E-state index in [-0.39, 0.29) is 88.9 Å². The second-order valence-electron chi connectivity index (χ2n) is 17.5. The van der Waals surface area contributed by atoms with Crippen LogP contribution in [-0.2, 0) is 15.9 Å². The van der Waals surface area contributed by atoms with Gasteiger partial charge < -0.3 is 23.8 Å². The third kappa shape index (κ3) is 5.92. The number of carbonyl (C=O) groups excluding carboxylic acids is 1. The highest BCUT2D eigenvalue weighted by Crippen LogP contribution is 2.56. The zero-order chi connectivity index (χ0) is 40.9. The zero-order valence-corrected chi connectivity index (χ0v) is 33.3. The lowest BCUT2D eigenvalue weighted by molar-refractivity contribution is -0.139. The number of hydrogen-bond donors (Lipinski definition) is 0. The predicted octanol–water partition coefficient (Wildman–Crippen LogP) is 7.84. The molecular weight excluding hydrogens is 757 g/mol. The van der Waals surface area contributed by atoms with Crippen LogP contribution in [-0.4, -0.2) is 99.8 Å². The van der Waals surface area contributed by atoms with Crippen LogP contribution < -0.4 is 14.4 Å². The van der Waals surface area contributed by atoms with Gasteiger partial charge in [-0.15, -0.1) is 6.42 Å². The number of pyridine rings is 1. The van der Waals surface area contributed by atoms with E-state index in [2.05, 4.69) is 10.8 Å². The Morgan fingerprint density at radius 3 is 2.48 bits per heavy atom. The summed E-state index contributed by atoms with van der Waals surface area (Å²) in [6, 6.07) is 4.60. The molecule has 58 heavy (non-hydrogen) atoms. The van der Waals surface area contributed by atoms with Gasteiger partial charge in [0.05, 0.1) is 34.8 Å². The number of amides is 1. The van der Waals surface area contributed by atoms with Crippen molar-refractivity contribution in [3.05, 3.63) is 47.2 Å². The number of ether oxygens (including phenoxy) is 4. The number of piperazine rings is 1. The van der Waals surface area contributed by atoms with Gasteiger partial charge in [0.2, 0.25) is 11.6 Å². The minimum absolute atomic E-state index is 0.0564. The van der Waals surface area contributed by atoms with Gasteiger partial charge in [-0.05, 0) is 95.5 Å². The Morgan fingerprint density at radius 1 is 1.02 bits per heavy atom. The number of terminal acetylenes is 1. The van der Waals surface area contributed by atoms with Crippen LogP contribution in [0.1, 0.15) is 77.5 Å². The number of fused-ring (bicyclic) bond motifs is 7. The van der Waals surface area contributed by atoms with Gasteiger partial charge in [-0.3, -0.25) is 4.90 Å². The summed E-state index contributed by atoms with van der Waals surface area (Å²) in [6.45, 7) is 8.25. The molecule has 0 unspecified atom stereocenters. The maximum absolute atomic E-state index is 18.0. The Morgan fingerprint density at radius 2 is 1.78 bits per heavy atom. The third-order valence-electron chi connectivity index (χ3n) is 12.6. The van der Waals surface area contributed by atoms with Gasteiger partial charge in [-0.1, -0.05) is 18.9 Å². The summed E-state index contributed by atoms with van der Waals surface area (Å²) in [5.41, 5.74) is -1.28. The van der Waals surface area contributed by atoms with Crippen molar-refractivity contribution in [1.29, 1.82) is 0 Å². The van der Waals surface area contributed by atoms with E-state index in [0.717, 1.165) is 38.8 Å². The molecule has 4 saturated heterocycles. The van der Waals surface area contributed by atoms with Crippen LogP contribution in [0.5, 0.6) is 11.8 Å². The Balaban J connectivity index is 1.26. The van der Waals surface area contributed by atoms with Crippen molar-refractivity contribution < 1.29 is 41.3 Å². The summed E-state index contributed by atoms with van der Waals surface area (Å²) in [5.74, 6) is -4.46. The maximum atomic E-state index is 18.0. The highest BCUT2D eigenvalue weighted by molar-refractivity contribution is 6.03. The predicted molar refractivity (Wildman–Crippen MR) is 208 cm³/mol. The number of aromatic nitrogens is 3. The fraction of sp³-hybridized carbons (Fsp3) is 0.535. The number of carbonyl (C=O) groups is 1. The molecule has 1 amide bonds. The van der Waals surface area contributed by atoms with Gasteiger partial charge in [0.15, 0.2) is 12.6 Å². The smallest absolute Gasteiger partial charge is 0.415 e. The molecule has 2 aromatic carbocycles. The minimum Gasteiger partial charge on any atom is -0.468 e. The largest absolute Gasteiger partial charge is 0.468 e. The van der Waals surface area contributed by atoms with Crippen molar-refractivity contribution in [3.8, 4) is 35.4 Å². The first-order valence-corrected chi connectivity index (χ1v) is 19.9. The minimum atomic E-state index is -2.54. The fourth-order valence-corrected chi connectivity index (χ4v) is 10.4. The molecule has 2 aromatic heterocycles. The van der Waals surface area contributed by atoms with Gasteiger partial charge >= 0.3 is 12.1 Å². The van der Waals surface area contributed by atoms with Crippen LogP contribution >= 0.6 is 0 Å². The lowest BCUT2D eigenvalue weighted by Gasteiger charge is -2.53. The molecule has 11 nitrogen and oxygen atoms in total. The first kappa shape index (κ1) is 38.6. The fourth-order valence-electron chi connectivity index (χ4n) is 10.4. The van der Waals surface area contributed by atoms with Crippen molar-refractivity contribution in [2.45, 2.75) is 101 Å². The molecule has 0 N–H and O–H groups in total. The van der Waals surface area contributed by atoms with Gasteiger partial charge in [0.1, 0.15) is 40.8 Å². The Bertz CT molecular complexity index is 2390. The first-order chi connectivity index (χ1) is 27.6. The molecule has 7 heterocycles. The van der Waals surface area contributed by atoms with Crippen molar-refractivity contribution in [3.63, 3.8) is 0 Å². The van der Waals surface area contributed by atoms with Crippen molar-refractivity contribution in [1.82, 2.24) is 24.8 Å². The van der Waals surface area contributed by atoms with Crippen molar-refractivity contribution in [2.75, 3.05) is 45.0 Å². The van der Waals surface area contributed by atoms with Gasteiger partial charge in [0, 0.05) is 30.9 Å². The summed E-state index contributed by atoms with van der Waals surface area (Å²) in [7, 11) is 1.46. The van der Waals surface area contributed by atoms with E-state index in [1.54, 1.807) is 33.8 Å². The monoisotopic (exact) mass is 802 g/mol. The molecule has 4 atom stereocenters. The molecule has 2 bridgehead atoms. The molecule has 4 aromatic rings. The number of halogens is 4. The highest BCUT2D eigenvalue weighted by atomic mass is 19.2. The highest BCUT2D eigenvalue weighted by Gasteiger charge is 2.70. The molecule has 0 radical (unpaired) electrons. The standard InChI is InChI=1S/C43H46F4N6O5/c1-7-27-29(44)11-10-25-19-26(57-23-55-6)20-28(31(25)27)34-33(45)35-32-30(48-34)18-24(2)36-43(47)15-14-42(46,53(43)39(54)58-40(3,4)5)21-52(36)37(32)50-38(49-35)56-22-41-12-8-16-51(41)17-9-13-41/h1,10-11,19-20,24,36H,8-9,12-18,21-23H2,2-6H3/t24-,36-,42+,43-/m0/s1. The number of nitrogens with zero attached hydrogens (tertiary/aromatic N) is 6. The van der Waals surface area contributed by atoms with Crippen LogP contribution in [0, 0.1) is 29.9 Å². The van der Waals surface area contributed by atoms with E-state index in [1.807, 2.05) is 0 Å². The molecule has 306 valence electrons. The number of rotatable bonds is 7. The van der Waals surface area contributed by atoms with Crippen LogP contribution in [0.15, 0.2) is 24.3 Å². The summed E-state index contributed by atoms with van der Waals surface area (Å²) in [5, 5.41) is 0.858. The van der Waals surface area contributed by atoms with E-state index >= 15 is 17.6 Å². The molecular formula is C43H46F4N6O5. The number of alkyl halides is 2. The van der Waals surface area contributed by atoms with E-state index in [4.69, 9.17) is 40.3 Å². The first-order valence-electron chi connectivity index (χ1n) is 19.9. The summed E-state index contributed by atoms with van der Waals surface area (Å²) >= 11 is 0. The quantitative estimate of drug-likeness (QED) is 0.0796. The SMILES string of the molecule is C#Cc1c(F)ccc2cc(OCOC)cc(-c3nc4c5c(nc(OCC67CCCN6CCC7)nc5c3F)N3C[C@@]5(F)CC[C@@](F)([C@@H]3[C@@H](C)C4)N5C(=O)OC(C)(C)C)c12. The summed E-state index contributed by atoms with van der Waals surface area (Å²) in [4.78, 5) is 32.7. The molecule has 4 fully saturated rings. The lowest BCUT2D eigenvalue weighted by atomic mass is 9.86. The molecule has 15 heteroatoms. The van der Waals surface area contributed by atoms with Gasteiger partial charge in [-0.2, -0.15) is 9.97 Å². The average molecular weight is 803 g/mol. The van der Waals surface area contributed by atoms with Crippen LogP contribution in [0.2, 0.25) is 0 Å². The van der Waals surface area contributed by atoms with Crippen molar-refractivity contribution >= 4 is 33.6 Å². The molecule has 9 rings (SSSR count). The topological polar surface area (TPSA) is 102 Å². The Kier molecular flexibility index (Phi) is 9.02. The van der Waals surface area contributed by atoms with Gasteiger partial charge in [-0.25, -0.2) is 32.2 Å². The normalized spacial score (nSPS) is 26.1. The van der Waals surface area contributed by atoms with Gasteiger partial charge in [0.25, 0.3) is 0 Å². The maximum Gasteiger partial charge on any atom is 0.415 e. The Hall–Kier alpha value is -4.94. The van der Waals surface area contributed by atoms with E-state index in [0.29, 0.717) is 16.0 Å². The van der Waals surface area contributed by atoms with E-state index < -0.39 is 53.4 Å². The molecule has 0 saturated carbocycles. The number of anilines is 1. The number of methoxy groups -OCH3 is 1. The summed E-state index contributed by atoms with van der Waals surface area (Å²) in [6.07, 6.45) is 8.11. The van der Waals surface area contributed by atoms with Crippen LogP contribution in [0.3, 0.4) is 0 Å². The second-order valence-corrected chi connectivity index (χ2v) is 17.5. The molecule has 0 aliphatic carbocycles. The zero-order valence-electron chi connectivity index (χ0n) is 33.3. The van der Waals surface area contributed by atoms with Crippen molar-refractivity contribution in [2.24, 2.45) is 5.92 Å². The van der Waals surface area contributed by atoms with Crippen LogP contribution in [0.25, 0.3) is 32.9 Å². The van der Waals surface area contributed by atoms with E-state index in [9.17, 15) is 4.79 Å². The van der Waals surface area contributed by atoms with Crippen LogP contribution in [0.4, 0.5) is 28.2 Å². The number of benzene rings is 2. The second kappa shape index (κ2) is 13.6. The average Bonchev–Trinajstić information content (AvgIpc) is 3.78. The van der Waals surface area contributed by atoms with E-state index in [1.165, 1.54) is 30.2 Å². The molecule has 5 aliphatic heterocycles. The Labute approximate surface area is 334 Å². The number of hydrogen-bond acceptors (Lipinski definition) is 10. The summed E-state index contributed by atoms with van der Waals surface area (Å²) < 4.78 is 91.3. The molecule has 0 spiro atoms. The lowest BCUT2D eigenvalue weighted by Crippen LogP contribution is -2.72.